The zero-order chi connectivity index (χ0) is 12.6. The average Bonchev–Trinajstić information content (AvgIpc) is 2.71. The summed E-state index contributed by atoms with van der Waals surface area (Å²) in [5.41, 5.74) is 1.50. The molecule has 1 aromatic heterocycles. The minimum absolute atomic E-state index is 0.136. The summed E-state index contributed by atoms with van der Waals surface area (Å²) in [6, 6.07) is 6.99. The third-order valence-corrected chi connectivity index (χ3v) is 3.54. The number of nitrogens with zero attached hydrogens (tertiary/aromatic N) is 3. The predicted octanol–water partition coefficient (Wildman–Crippen LogP) is 1.04. The van der Waals surface area contributed by atoms with Crippen LogP contribution in [-0.2, 0) is 18.9 Å². The summed E-state index contributed by atoms with van der Waals surface area (Å²) in [6.07, 6.45) is 2.61. The van der Waals surface area contributed by atoms with Crippen molar-refractivity contribution in [1.29, 1.82) is 0 Å². The first-order valence-electron chi connectivity index (χ1n) is 6.01. The number of nitrogens with one attached hydrogen (secondary N) is 1. The highest BCUT2D eigenvalue weighted by atomic mass is 19.1. The van der Waals surface area contributed by atoms with Gasteiger partial charge in [0.05, 0.1) is 5.69 Å². The van der Waals surface area contributed by atoms with Crippen LogP contribution in [0.25, 0.3) is 0 Å². The fraction of sp³-hybridized carbons (Fsp3) is 0.385. The Bertz CT molecular complexity index is 560. The summed E-state index contributed by atoms with van der Waals surface area (Å²) < 4.78 is 15.6. The van der Waals surface area contributed by atoms with Gasteiger partial charge in [-0.3, -0.25) is 4.68 Å². The molecule has 5 heteroatoms. The van der Waals surface area contributed by atoms with E-state index in [1.54, 1.807) is 10.7 Å². The largest absolute Gasteiger partial charge is 0.315 e. The number of aromatic nitrogens is 3. The van der Waals surface area contributed by atoms with Crippen molar-refractivity contribution in [2.24, 2.45) is 7.05 Å². The molecule has 94 valence electrons. The lowest BCUT2D eigenvalue weighted by molar-refractivity contribution is 0.263. The number of hydrogen-bond donors (Lipinski definition) is 1. The Morgan fingerprint density at radius 3 is 2.72 bits per heavy atom. The first kappa shape index (κ1) is 11.3. The van der Waals surface area contributed by atoms with Crippen LogP contribution in [-0.4, -0.2) is 28.1 Å². The predicted molar refractivity (Wildman–Crippen MR) is 65.7 cm³/mol. The second-order valence-electron chi connectivity index (χ2n) is 4.92. The lowest BCUT2D eigenvalue weighted by Crippen LogP contribution is -2.58. The van der Waals surface area contributed by atoms with Crippen molar-refractivity contribution in [3.05, 3.63) is 47.5 Å². The molecule has 4 nitrogen and oxygen atoms in total. The van der Waals surface area contributed by atoms with Crippen LogP contribution in [0.1, 0.15) is 11.3 Å². The van der Waals surface area contributed by atoms with Crippen LogP contribution in [0, 0.1) is 5.82 Å². The van der Waals surface area contributed by atoms with E-state index < -0.39 is 0 Å². The van der Waals surface area contributed by atoms with Crippen LogP contribution < -0.4 is 5.32 Å². The molecule has 3 rings (SSSR count). The van der Waals surface area contributed by atoms with Crippen molar-refractivity contribution in [2.75, 3.05) is 13.1 Å². The van der Waals surface area contributed by atoms with Gasteiger partial charge in [-0.05, 0) is 11.6 Å². The van der Waals surface area contributed by atoms with Crippen LogP contribution in [0.4, 0.5) is 4.39 Å². The first-order chi connectivity index (χ1) is 8.70. The zero-order valence-electron chi connectivity index (χ0n) is 10.2. The van der Waals surface area contributed by atoms with Gasteiger partial charge in [0.15, 0.2) is 0 Å². The summed E-state index contributed by atoms with van der Waals surface area (Å²) in [7, 11) is 1.84. The third-order valence-electron chi connectivity index (χ3n) is 3.54. The van der Waals surface area contributed by atoms with Gasteiger partial charge in [-0.2, -0.15) is 0 Å². The molecule has 0 radical (unpaired) electrons. The van der Waals surface area contributed by atoms with Crippen molar-refractivity contribution in [3.8, 4) is 0 Å². The maximum absolute atomic E-state index is 13.9. The fourth-order valence-electron chi connectivity index (χ4n) is 2.55. The van der Waals surface area contributed by atoms with E-state index in [-0.39, 0.29) is 11.2 Å². The van der Waals surface area contributed by atoms with E-state index in [9.17, 15) is 4.39 Å². The van der Waals surface area contributed by atoms with Gasteiger partial charge in [-0.25, -0.2) is 4.39 Å². The minimum Gasteiger partial charge on any atom is -0.315 e. The monoisotopic (exact) mass is 246 g/mol. The van der Waals surface area contributed by atoms with Crippen molar-refractivity contribution >= 4 is 0 Å². The lowest BCUT2D eigenvalue weighted by atomic mass is 9.72. The smallest absolute Gasteiger partial charge is 0.127 e. The highest BCUT2D eigenvalue weighted by molar-refractivity contribution is 5.33. The standard InChI is InChI=1S/C13H15FN4/c1-18-7-10(16-17-18)6-13(8-15-9-13)11-4-2-3-5-12(11)14/h2-5,7,15H,6,8-9H2,1H3. The van der Waals surface area contributed by atoms with Crippen LogP contribution in [0.2, 0.25) is 0 Å². The Balaban J connectivity index is 1.93. The SMILES string of the molecule is Cn1cc(CC2(c3ccccc3F)CNC2)nn1. The Morgan fingerprint density at radius 1 is 1.39 bits per heavy atom. The van der Waals surface area contributed by atoms with E-state index in [1.807, 2.05) is 25.4 Å². The molecule has 2 heterocycles. The molecule has 1 saturated heterocycles. The average molecular weight is 246 g/mol. The topological polar surface area (TPSA) is 42.7 Å². The number of aryl methyl sites for hydroxylation is 1. The zero-order valence-corrected chi connectivity index (χ0v) is 10.2. The van der Waals surface area contributed by atoms with E-state index in [2.05, 4.69) is 15.6 Å². The van der Waals surface area contributed by atoms with Gasteiger partial charge in [0.2, 0.25) is 0 Å². The van der Waals surface area contributed by atoms with Gasteiger partial charge < -0.3 is 5.32 Å². The molecule has 0 spiro atoms. The van der Waals surface area contributed by atoms with Gasteiger partial charge in [-0.1, -0.05) is 23.4 Å². The van der Waals surface area contributed by atoms with Crippen molar-refractivity contribution in [1.82, 2.24) is 20.3 Å². The third kappa shape index (κ3) is 1.80. The van der Waals surface area contributed by atoms with Crippen molar-refractivity contribution < 1.29 is 4.39 Å². The Morgan fingerprint density at radius 2 is 2.17 bits per heavy atom. The maximum Gasteiger partial charge on any atom is 0.127 e. The van der Waals surface area contributed by atoms with Gasteiger partial charge in [0.1, 0.15) is 5.82 Å². The van der Waals surface area contributed by atoms with Crippen molar-refractivity contribution in [3.63, 3.8) is 0 Å². The molecule has 0 aliphatic carbocycles. The Labute approximate surface area is 105 Å². The van der Waals surface area contributed by atoms with E-state index in [0.717, 1.165) is 30.8 Å². The van der Waals surface area contributed by atoms with Crippen LogP contribution in [0.3, 0.4) is 0 Å². The molecular weight excluding hydrogens is 231 g/mol. The second-order valence-corrected chi connectivity index (χ2v) is 4.92. The Kier molecular flexibility index (Phi) is 2.63. The number of halogens is 1. The van der Waals surface area contributed by atoms with E-state index >= 15 is 0 Å². The van der Waals surface area contributed by atoms with Crippen LogP contribution in [0.15, 0.2) is 30.5 Å². The van der Waals surface area contributed by atoms with E-state index in [0.29, 0.717) is 0 Å². The summed E-state index contributed by atoms with van der Waals surface area (Å²) in [4.78, 5) is 0. The minimum atomic E-state index is -0.179. The van der Waals surface area contributed by atoms with E-state index in [1.165, 1.54) is 6.07 Å². The molecule has 0 unspecified atom stereocenters. The Hall–Kier alpha value is -1.75. The highest BCUT2D eigenvalue weighted by Gasteiger charge is 2.41. The number of benzene rings is 1. The number of hydrogen-bond acceptors (Lipinski definition) is 3. The molecule has 18 heavy (non-hydrogen) atoms. The lowest BCUT2D eigenvalue weighted by Gasteiger charge is -2.43. The van der Waals surface area contributed by atoms with Gasteiger partial charge in [-0.15, -0.1) is 5.10 Å². The molecular formula is C13H15FN4. The number of rotatable bonds is 3. The van der Waals surface area contributed by atoms with Gasteiger partial charge >= 0.3 is 0 Å². The summed E-state index contributed by atoms with van der Waals surface area (Å²) >= 11 is 0. The summed E-state index contributed by atoms with van der Waals surface area (Å²) in [6.45, 7) is 1.56. The fourth-order valence-corrected chi connectivity index (χ4v) is 2.55. The molecule has 1 aliphatic heterocycles. The molecule has 0 saturated carbocycles. The molecule has 1 aliphatic rings. The molecule has 0 atom stereocenters. The molecule has 1 fully saturated rings. The molecule has 2 aromatic rings. The molecule has 0 bridgehead atoms. The highest BCUT2D eigenvalue weighted by Crippen LogP contribution is 2.33. The maximum atomic E-state index is 13.9. The normalized spacial score (nSPS) is 17.4. The van der Waals surface area contributed by atoms with Gasteiger partial charge in [0.25, 0.3) is 0 Å². The molecule has 0 amide bonds. The van der Waals surface area contributed by atoms with Crippen LogP contribution in [0.5, 0.6) is 0 Å². The summed E-state index contributed by atoms with van der Waals surface area (Å²) in [5, 5.41) is 11.3. The van der Waals surface area contributed by atoms with Gasteiger partial charge in [0, 0.05) is 38.2 Å². The van der Waals surface area contributed by atoms with Crippen LogP contribution >= 0.6 is 0 Å². The quantitative estimate of drug-likeness (QED) is 0.880. The molecule has 1 aromatic carbocycles. The first-order valence-corrected chi connectivity index (χ1v) is 6.01. The second kappa shape index (κ2) is 4.17. The molecule has 1 N–H and O–H groups in total. The van der Waals surface area contributed by atoms with Crippen molar-refractivity contribution in [2.45, 2.75) is 11.8 Å². The van der Waals surface area contributed by atoms with E-state index in [4.69, 9.17) is 0 Å². The summed E-state index contributed by atoms with van der Waals surface area (Å²) in [5.74, 6) is -0.136.